The summed E-state index contributed by atoms with van der Waals surface area (Å²) in [6.45, 7) is 5.56. The first-order chi connectivity index (χ1) is 14.2. The number of nitrogens with zero attached hydrogens (tertiary/aromatic N) is 5. The Balaban J connectivity index is 1.68. The molecule has 1 aliphatic heterocycles. The van der Waals surface area contributed by atoms with Crippen molar-refractivity contribution in [2.45, 2.75) is 13.3 Å². The van der Waals surface area contributed by atoms with E-state index in [1.54, 1.807) is 6.33 Å². The van der Waals surface area contributed by atoms with E-state index in [0.29, 0.717) is 30.3 Å². The summed E-state index contributed by atoms with van der Waals surface area (Å²) in [5, 5.41) is 5.51. The van der Waals surface area contributed by atoms with Crippen molar-refractivity contribution in [3.8, 4) is 11.4 Å². The lowest BCUT2D eigenvalue weighted by molar-refractivity contribution is 0.152. The minimum atomic E-state index is -0.225. The van der Waals surface area contributed by atoms with E-state index in [0.717, 1.165) is 43.0 Å². The summed E-state index contributed by atoms with van der Waals surface area (Å²) >= 11 is 0. The van der Waals surface area contributed by atoms with Crippen molar-refractivity contribution in [1.29, 1.82) is 0 Å². The highest BCUT2D eigenvalue weighted by Gasteiger charge is 2.20. The van der Waals surface area contributed by atoms with Crippen molar-refractivity contribution in [2.75, 3.05) is 43.1 Å². The third-order valence-corrected chi connectivity index (χ3v) is 4.81. The van der Waals surface area contributed by atoms with Crippen LogP contribution in [0.2, 0.25) is 0 Å². The van der Waals surface area contributed by atoms with Gasteiger partial charge in [0.05, 0.1) is 12.9 Å². The summed E-state index contributed by atoms with van der Waals surface area (Å²) in [6.07, 6.45) is 2.72. The van der Waals surface area contributed by atoms with Crippen LogP contribution in [0, 0.1) is 0 Å². The quantitative estimate of drug-likeness (QED) is 0.704. The summed E-state index contributed by atoms with van der Waals surface area (Å²) < 4.78 is 7.56. The van der Waals surface area contributed by atoms with Crippen molar-refractivity contribution in [3.63, 3.8) is 0 Å². The number of hydrogen-bond donors (Lipinski definition) is 2. The Bertz CT molecular complexity index is 992. The van der Waals surface area contributed by atoms with Crippen LogP contribution in [0.4, 0.5) is 16.3 Å². The number of aromatic nitrogens is 4. The molecule has 4 rings (SSSR count). The number of carbonyl (C=O) groups is 1. The number of carbonyl (C=O) groups excluding carboxylic acids is 1. The molecule has 1 saturated heterocycles. The molecular weight excluding hydrogens is 370 g/mol. The highest BCUT2D eigenvalue weighted by Crippen LogP contribution is 2.28. The number of hydrogen-bond acceptors (Lipinski definition) is 6. The number of urea groups is 1. The lowest BCUT2D eigenvalue weighted by atomic mass is 10.2. The topological polar surface area (TPSA) is 97.2 Å². The number of imidazole rings is 1. The number of fused-ring (bicyclic) bond motifs is 1. The van der Waals surface area contributed by atoms with Crippen LogP contribution >= 0.6 is 0 Å². The smallest absolute Gasteiger partial charge is 0.319 e. The van der Waals surface area contributed by atoms with Gasteiger partial charge in [-0.2, -0.15) is 0 Å². The second-order valence-electron chi connectivity index (χ2n) is 6.91. The van der Waals surface area contributed by atoms with Gasteiger partial charge in [-0.05, 0) is 37.6 Å². The van der Waals surface area contributed by atoms with Crippen molar-refractivity contribution in [1.82, 2.24) is 24.8 Å². The average molecular weight is 395 g/mol. The van der Waals surface area contributed by atoms with E-state index in [-0.39, 0.29) is 6.03 Å². The molecule has 0 atom stereocenters. The van der Waals surface area contributed by atoms with Gasteiger partial charge < -0.3 is 24.8 Å². The van der Waals surface area contributed by atoms with Crippen LogP contribution in [0.3, 0.4) is 0 Å². The maximum Gasteiger partial charge on any atom is 0.319 e. The SMILES string of the molecule is CCNC(=O)Nc1ccc(-c2nc(N3CCCOCC3)c3c(ncn3C)n2)cc1. The molecule has 1 aromatic carbocycles. The van der Waals surface area contributed by atoms with Crippen LogP contribution in [0.25, 0.3) is 22.6 Å². The Kier molecular flexibility index (Phi) is 5.57. The Hall–Kier alpha value is -3.20. The zero-order valence-electron chi connectivity index (χ0n) is 16.7. The average Bonchev–Trinajstić information content (AvgIpc) is 2.93. The van der Waals surface area contributed by atoms with E-state index < -0.39 is 0 Å². The van der Waals surface area contributed by atoms with E-state index in [2.05, 4.69) is 25.5 Å². The first-order valence-electron chi connectivity index (χ1n) is 9.82. The molecular formula is C20H25N7O2. The molecule has 1 aliphatic rings. The molecule has 3 heterocycles. The Morgan fingerprint density at radius 2 is 2.00 bits per heavy atom. The summed E-state index contributed by atoms with van der Waals surface area (Å²) in [6, 6.07) is 7.27. The molecule has 0 radical (unpaired) electrons. The molecule has 0 unspecified atom stereocenters. The van der Waals surface area contributed by atoms with E-state index in [1.807, 2.05) is 42.8 Å². The molecule has 2 aromatic heterocycles. The molecule has 29 heavy (non-hydrogen) atoms. The molecule has 2 amide bonds. The van der Waals surface area contributed by atoms with Crippen LogP contribution in [-0.4, -0.2) is 58.4 Å². The van der Waals surface area contributed by atoms with Crippen LogP contribution in [0.1, 0.15) is 13.3 Å². The molecule has 2 N–H and O–H groups in total. The van der Waals surface area contributed by atoms with Crippen LogP contribution in [0.15, 0.2) is 30.6 Å². The summed E-state index contributed by atoms with van der Waals surface area (Å²) in [7, 11) is 1.96. The van der Waals surface area contributed by atoms with Crippen molar-refractivity contribution in [2.24, 2.45) is 7.05 Å². The first kappa shape index (κ1) is 19.1. The number of ether oxygens (including phenoxy) is 1. The van der Waals surface area contributed by atoms with Crippen LogP contribution < -0.4 is 15.5 Å². The molecule has 1 fully saturated rings. The number of rotatable bonds is 4. The van der Waals surface area contributed by atoms with Crippen molar-refractivity contribution >= 4 is 28.7 Å². The highest BCUT2D eigenvalue weighted by molar-refractivity contribution is 5.90. The van der Waals surface area contributed by atoms with Gasteiger partial charge in [0, 0.05) is 44.5 Å². The largest absolute Gasteiger partial charge is 0.380 e. The third kappa shape index (κ3) is 4.14. The predicted molar refractivity (Wildman–Crippen MR) is 112 cm³/mol. The summed E-state index contributed by atoms with van der Waals surface area (Å²) in [4.78, 5) is 27.9. The lowest BCUT2D eigenvalue weighted by Crippen LogP contribution is -2.28. The van der Waals surface area contributed by atoms with Gasteiger partial charge in [-0.1, -0.05) is 0 Å². The van der Waals surface area contributed by atoms with E-state index in [4.69, 9.17) is 9.72 Å². The number of amides is 2. The van der Waals surface area contributed by atoms with Gasteiger partial charge >= 0.3 is 6.03 Å². The number of aryl methyl sites for hydroxylation is 1. The van der Waals surface area contributed by atoms with Crippen molar-refractivity contribution < 1.29 is 9.53 Å². The van der Waals surface area contributed by atoms with Gasteiger partial charge in [0.25, 0.3) is 0 Å². The molecule has 152 valence electrons. The molecule has 9 heteroatoms. The summed E-state index contributed by atoms with van der Waals surface area (Å²) in [5.41, 5.74) is 3.17. The molecule has 9 nitrogen and oxygen atoms in total. The molecule has 0 saturated carbocycles. The van der Waals surface area contributed by atoms with Gasteiger partial charge in [-0.25, -0.2) is 19.7 Å². The second-order valence-corrected chi connectivity index (χ2v) is 6.91. The van der Waals surface area contributed by atoms with Crippen LogP contribution in [-0.2, 0) is 11.8 Å². The van der Waals surface area contributed by atoms with E-state index in [1.165, 1.54) is 0 Å². The Morgan fingerprint density at radius 3 is 2.79 bits per heavy atom. The van der Waals surface area contributed by atoms with Crippen LogP contribution in [0.5, 0.6) is 0 Å². The zero-order valence-corrected chi connectivity index (χ0v) is 16.7. The van der Waals surface area contributed by atoms with Gasteiger partial charge in [0.15, 0.2) is 17.3 Å². The number of benzene rings is 1. The minimum Gasteiger partial charge on any atom is -0.380 e. The molecule has 3 aromatic rings. The highest BCUT2D eigenvalue weighted by atomic mass is 16.5. The molecule has 0 bridgehead atoms. The zero-order chi connectivity index (χ0) is 20.2. The maximum atomic E-state index is 11.7. The minimum absolute atomic E-state index is 0.225. The Morgan fingerprint density at radius 1 is 1.17 bits per heavy atom. The number of anilines is 2. The summed E-state index contributed by atoms with van der Waals surface area (Å²) in [5.74, 6) is 1.49. The Labute approximate surface area is 169 Å². The third-order valence-electron chi connectivity index (χ3n) is 4.81. The maximum absolute atomic E-state index is 11.7. The standard InChI is InChI=1S/C20H25N7O2/c1-3-21-20(28)23-15-7-5-14(6-8-15)17-24-18-16(26(2)13-22-18)19(25-17)27-9-4-11-29-12-10-27/h5-8,13H,3-4,9-12H2,1-2H3,(H2,21,23,28). The van der Waals surface area contributed by atoms with Gasteiger partial charge in [-0.3, -0.25) is 0 Å². The fourth-order valence-corrected chi connectivity index (χ4v) is 3.38. The van der Waals surface area contributed by atoms with E-state index in [9.17, 15) is 4.79 Å². The van der Waals surface area contributed by atoms with Gasteiger partial charge in [0.2, 0.25) is 0 Å². The normalized spacial score (nSPS) is 14.6. The first-order valence-corrected chi connectivity index (χ1v) is 9.82. The predicted octanol–water partition coefficient (Wildman–Crippen LogP) is 2.40. The molecule has 0 aliphatic carbocycles. The molecule has 0 spiro atoms. The number of nitrogens with one attached hydrogen (secondary N) is 2. The van der Waals surface area contributed by atoms with Crippen molar-refractivity contribution in [3.05, 3.63) is 30.6 Å². The second kappa shape index (κ2) is 8.44. The van der Waals surface area contributed by atoms with Gasteiger partial charge in [-0.15, -0.1) is 0 Å². The van der Waals surface area contributed by atoms with E-state index >= 15 is 0 Å². The fraction of sp³-hybridized carbons (Fsp3) is 0.400. The monoisotopic (exact) mass is 395 g/mol. The fourth-order valence-electron chi connectivity index (χ4n) is 3.38. The lowest BCUT2D eigenvalue weighted by Gasteiger charge is -2.22. The van der Waals surface area contributed by atoms with Gasteiger partial charge in [0.1, 0.15) is 5.52 Å².